The van der Waals surface area contributed by atoms with Crippen molar-refractivity contribution in [1.82, 2.24) is 5.32 Å². The van der Waals surface area contributed by atoms with Gasteiger partial charge in [0.15, 0.2) is 0 Å². The van der Waals surface area contributed by atoms with Gasteiger partial charge in [-0.2, -0.15) is 0 Å². The highest BCUT2D eigenvalue weighted by Crippen LogP contribution is 2.28. The zero-order valence-corrected chi connectivity index (χ0v) is 8.38. The average molecular weight is 184 g/mol. The maximum absolute atomic E-state index is 10.8. The summed E-state index contributed by atoms with van der Waals surface area (Å²) in [5, 5.41) is 2.98. The Morgan fingerprint density at radius 1 is 1.54 bits per heavy atom. The van der Waals surface area contributed by atoms with Crippen molar-refractivity contribution < 1.29 is 4.79 Å². The van der Waals surface area contributed by atoms with Crippen molar-refractivity contribution in [2.24, 2.45) is 11.7 Å². The largest absolute Gasteiger partial charge is 0.354 e. The molecular weight excluding hydrogens is 164 g/mol. The highest BCUT2D eigenvalue weighted by atomic mass is 16.1. The number of rotatable bonds is 4. The lowest BCUT2D eigenvalue weighted by Crippen LogP contribution is -2.30. The van der Waals surface area contributed by atoms with Crippen LogP contribution in [0, 0.1) is 5.92 Å². The van der Waals surface area contributed by atoms with E-state index in [1.54, 1.807) is 6.92 Å². The lowest BCUT2D eigenvalue weighted by Gasteiger charge is -2.11. The molecule has 0 aliphatic heterocycles. The highest BCUT2D eigenvalue weighted by molar-refractivity contribution is 5.73. The van der Waals surface area contributed by atoms with Gasteiger partial charge in [-0.25, -0.2) is 0 Å². The fourth-order valence-electron chi connectivity index (χ4n) is 2.16. The third-order valence-corrected chi connectivity index (χ3v) is 2.77. The molecule has 0 radical (unpaired) electrons. The fraction of sp³-hybridized carbons (Fsp3) is 0.900. The first kappa shape index (κ1) is 10.5. The molecule has 13 heavy (non-hydrogen) atoms. The molecule has 1 rings (SSSR count). The number of carbonyl (C=O) groups excluding carboxylic acids is 1. The summed E-state index contributed by atoms with van der Waals surface area (Å²) in [5.74, 6) is 0.893. The van der Waals surface area contributed by atoms with Gasteiger partial charge in [0.1, 0.15) is 0 Å². The predicted octanol–water partition coefficient (Wildman–Crippen LogP) is 1.03. The Balaban J connectivity index is 2.16. The van der Waals surface area contributed by atoms with Gasteiger partial charge >= 0.3 is 0 Å². The third-order valence-electron chi connectivity index (χ3n) is 2.77. The summed E-state index contributed by atoms with van der Waals surface area (Å²) >= 11 is 0. The molecular formula is C10H20N2O. The summed E-state index contributed by atoms with van der Waals surface area (Å²) in [4.78, 5) is 10.8. The van der Waals surface area contributed by atoms with E-state index < -0.39 is 0 Å². The van der Waals surface area contributed by atoms with Crippen molar-refractivity contribution in [2.75, 3.05) is 6.54 Å². The summed E-state index contributed by atoms with van der Waals surface area (Å²) in [6.45, 7) is 2.38. The molecule has 0 aromatic heterocycles. The summed E-state index contributed by atoms with van der Waals surface area (Å²) in [6, 6.07) is 0.431. The van der Waals surface area contributed by atoms with Crippen LogP contribution in [0.15, 0.2) is 0 Å². The summed E-state index contributed by atoms with van der Waals surface area (Å²) in [7, 11) is 0. The van der Waals surface area contributed by atoms with Crippen LogP contribution in [-0.4, -0.2) is 18.5 Å². The van der Waals surface area contributed by atoms with Crippen molar-refractivity contribution in [3.05, 3.63) is 0 Å². The van der Waals surface area contributed by atoms with Gasteiger partial charge < -0.3 is 11.1 Å². The van der Waals surface area contributed by atoms with Crippen LogP contribution < -0.4 is 11.1 Å². The Hall–Kier alpha value is -0.570. The minimum atomic E-state index is 0.101. The lowest BCUT2D eigenvalue weighted by molar-refractivity contribution is -0.119. The van der Waals surface area contributed by atoms with Crippen LogP contribution in [0.4, 0.5) is 0 Å². The molecule has 1 fully saturated rings. The van der Waals surface area contributed by atoms with Gasteiger partial charge in [-0.05, 0) is 44.6 Å². The van der Waals surface area contributed by atoms with E-state index in [4.69, 9.17) is 5.73 Å². The van der Waals surface area contributed by atoms with Gasteiger partial charge in [0.05, 0.1) is 0 Å². The molecule has 1 saturated carbocycles. The first-order valence-corrected chi connectivity index (χ1v) is 5.19. The molecule has 0 saturated heterocycles. The molecule has 0 bridgehead atoms. The van der Waals surface area contributed by atoms with E-state index in [1.165, 1.54) is 12.8 Å². The Labute approximate surface area is 80.1 Å². The number of hydrogen-bond acceptors (Lipinski definition) is 2. The SMILES string of the molecule is CC(=O)NC1CCC(CCCN)C1. The molecule has 0 aromatic carbocycles. The van der Waals surface area contributed by atoms with E-state index in [-0.39, 0.29) is 5.91 Å². The molecule has 0 spiro atoms. The van der Waals surface area contributed by atoms with E-state index in [0.29, 0.717) is 6.04 Å². The van der Waals surface area contributed by atoms with Crippen LogP contribution in [-0.2, 0) is 4.79 Å². The molecule has 0 aromatic rings. The molecule has 3 N–H and O–H groups in total. The van der Waals surface area contributed by atoms with Crippen molar-refractivity contribution in [1.29, 1.82) is 0 Å². The standard InChI is InChI=1S/C10H20N2O/c1-8(13)12-10-5-4-9(7-10)3-2-6-11/h9-10H,2-7,11H2,1H3,(H,12,13). The second kappa shape index (κ2) is 5.22. The zero-order valence-electron chi connectivity index (χ0n) is 8.38. The smallest absolute Gasteiger partial charge is 0.217 e. The van der Waals surface area contributed by atoms with Crippen LogP contribution >= 0.6 is 0 Å². The molecule has 3 nitrogen and oxygen atoms in total. The monoisotopic (exact) mass is 184 g/mol. The summed E-state index contributed by atoms with van der Waals surface area (Å²) < 4.78 is 0. The van der Waals surface area contributed by atoms with Crippen LogP contribution in [0.1, 0.15) is 39.0 Å². The average Bonchev–Trinajstić information content (AvgIpc) is 2.48. The molecule has 1 aliphatic rings. The van der Waals surface area contributed by atoms with Crippen LogP contribution in [0.3, 0.4) is 0 Å². The van der Waals surface area contributed by atoms with E-state index in [9.17, 15) is 4.79 Å². The number of hydrogen-bond donors (Lipinski definition) is 2. The van der Waals surface area contributed by atoms with Gasteiger partial charge in [-0.1, -0.05) is 0 Å². The number of carbonyl (C=O) groups is 1. The maximum atomic E-state index is 10.8. The second-order valence-corrected chi connectivity index (χ2v) is 4.01. The lowest BCUT2D eigenvalue weighted by atomic mass is 10.0. The van der Waals surface area contributed by atoms with Crippen molar-refractivity contribution in [3.63, 3.8) is 0 Å². The Kier molecular flexibility index (Phi) is 4.22. The number of nitrogens with two attached hydrogens (primary N) is 1. The summed E-state index contributed by atoms with van der Waals surface area (Å²) in [5.41, 5.74) is 5.45. The Bertz CT molecular complexity index is 170. The van der Waals surface area contributed by atoms with Crippen LogP contribution in [0.25, 0.3) is 0 Å². The molecule has 76 valence electrons. The maximum Gasteiger partial charge on any atom is 0.217 e. The third kappa shape index (κ3) is 3.77. The zero-order chi connectivity index (χ0) is 9.68. The fourth-order valence-corrected chi connectivity index (χ4v) is 2.16. The molecule has 2 atom stereocenters. The van der Waals surface area contributed by atoms with E-state index in [1.807, 2.05) is 0 Å². The van der Waals surface area contributed by atoms with Gasteiger partial charge in [0.25, 0.3) is 0 Å². The second-order valence-electron chi connectivity index (χ2n) is 4.01. The predicted molar refractivity (Wildman–Crippen MR) is 53.2 cm³/mol. The molecule has 1 aliphatic carbocycles. The van der Waals surface area contributed by atoms with Gasteiger partial charge in [0.2, 0.25) is 5.91 Å². The van der Waals surface area contributed by atoms with Crippen molar-refractivity contribution in [2.45, 2.75) is 45.1 Å². The van der Waals surface area contributed by atoms with E-state index in [2.05, 4.69) is 5.32 Å². The van der Waals surface area contributed by atoms with Crippen molar-refractivity contribution in [3.8, 4) is 0 Å². The molecule has 0 heterocycles. The quantitative estimate of drug-likeness (QED) is 0.685. The minimum absolute atomic E-state index is 0.101. The summed E-state index contributed by atoms with van der Waals surface area (Å²) in [6.07, 6.45) is 5.91. The highest BCUT2D eigenvalue weighted by Gasteiger charge is 2.24. The topological polar surface area (TPSA) is 55.1 Å². The van der Waals surface area contributed by atoms with Crippen LogP contribution in [0.2, 0.25) is 0 Å². The number of nitrogens with one attached hydrogen (secondary N) is 1. The van der Waals surface area contributed by atoms with E-state index >= 15 is 0 Å². The van der Waals surface area contributed by atoms with Crippen LogP contribution in [0.5, 0.6) is 0 Å². The first-order chi connectivity index (χ1) is 6.22. The van der Waals surface area contributed by atoms with Gasteiger partial charge in [0, 0.05) is 13.0 Å². The Morgan fingerprint density at radius 2 is 2.31 bits per heavy atom. The van der Waals surface area contributed by atoms with Gasteiger partial charge in [-0.15, -0.1) is 0 Å². The van der Waals surface area contributed by atoms with Gasteiger partial charge in [-0.3, -0.25) is 4.79 Å². The van der Waals surface area contributed by atoms with Crippen molar-refractivity contribution >= 4 is 5.91 Å². The minimum Gasteiger partial charge on any atom is -0.354 e. The normalized spacial score (nSPS) is 27.5. The molecule has 2 unspecified atom stereocenters. The van der Waals surface area contributed by atoms with E-state index in [0.717, 1.165) is 31.7 Å². The first-order valence-electron chi connectivity index (χ1n) is 5.19. The molecule has 3 heteroatoms. The molecule has 1 amide bonds. The number of amides is 1. The Morgan fingerprint density at radius 3 is 2.92 bits per heavy atom.